The van der Waals surface area contributed by atoms with Crippen molar-refractivity contribution in [1.29, 1.82) is 0 Å². The second kappa shape index (κ2) is 21.6. The van der Waals surface area contributed by atoms with Crippen molar-refractivity contribution in [3.05, 3.63) is 90.4 Å². The number of carbonyl (C=O) groups excluding carboxylic acids is 4. The number of carbonyl (C=O) groups is 4. The van der Waals surface area contributed by atoms with E-state index in [-0.39, 0.29) is 11.8 Å². The van der Waals surface area contributed by atoms with E-state index in [0.29, 0.717) is 71.2 Å². The number of nitrogens with two attached hydrogens (primary N) is 2. The van der Waals surface area contributed by atoms with Crippen molar-refractivity contribution in [2.24, 2.45) is 17.4 Å². The Morgan fingerprint density at radius 1 is 0.736 bits per heavy atom. The zero-order valence-electron chi connectivity index (χ0n) is 31.2. The third-order valence-electron chi connectivity index (χ3n) is 9.45. The monoisotopic (exact) mass is 727 g/mol. The van der Waals surface area contributed by atoms with Gasteiger partial charge in [0.2, 0.25) is 23.6 Å². The van der Waals surface area contributed by atoms with Crippen LogP contribution in [0.25, 0.3) is 0 Å². The van der Waals surface area contributed by atoms with Crippen LogP contribution < -0.4 is 32.3 Å². The van der Waals surface area contributed by atoms with Crippen LogP contribution in [-0.4, -0.2) is 95.4 Å². The first-order chi connectivity index (χ1) is 25.6. The summed E-state index contributed by atoms with van der Waals surface area (Å²) in [7, 11) is 0. The van der Waals surface area contributed by atoms with Crippen LogP contribution in [0.5, 0.6) is 0 Å². The number of rotatable bonds is 20. The van der Waals surface area contributed by atoms with Crippen LogP contribution in [0.2, 0.25) is 0 Å². The normalized spacial score (nSPS) is 15.3. The molecule has 286 valence electrons. The van der Waals surface area contributed by atoms with E-state index in [1.807, 2.05) is 74.5 Å². The van der Waals surface area contributed by atoms with Gasteiger partial charge in [-0.15, -0.1) is 0 Å². The largest absolute Gasteiger partial charge is 0.352 e. The fourth-order valence-electron chi connectivity index (χ4n) is 6.47. The molecule has 0 spiro atoms. The summed E-state index contributed by atoms with van der Waals surface area (Å²) >= 11 is 0. The summed E-state index contributed by atoms with van der Waals surface area (Å²) < 4.78 is 0. The van der Waals surface area contributed by atoms with Gasteiger partial charge in [0.05, 0.1) is 12.2 Å². The highest BCUT2D eigenvalue weighted by Crippen LogP contribution is 2.16. The first-order valence-corrected chi connectivity index (χ1v) is 18.9. The molecular formula is C40H57N9O4. The molecule has 2 aromatic carbocycles. The van der Waals surface area contributed by atoms with Crippen molar-refractivity contribution in [3.63, 3.8) is 0 Å². The minimum absolute atomic E-state index is 0.0515. The third-order valence-corrected chi connectivity index (χ3v) is 9.45. The third kappa shape index (κ3) is 13.6. The van der Waals surface area contributed by atoms with Crippen LogP contribution in [0.4, 0.5) is 5.82 Å². The Morgan fingerprint density at radius 3 is 1.98 bits per heavy atom. The fraction of sp³-hybridized carbons (Fsp3) is 0.500. The number of nitrogens with zero attached hydrogens (tertiary/aromatic N) is 4. The van der Waals surface area contributed by atoms with Crippen LogP contribution in [-0.2, 0) is 32.0 Å². The second-order valence-electron chi connectivity index (χ2n) is 14.1. The lowest BCUT2D eigenvalue weighted by molar-refractivity contribution is -0.138. The van der Waals surface area contributed by atoms with Crippen LogP contribution in [0.3, 0.4) is 0 Å². The fourth-order valence-corrected chi connectivity index (χ4v) is 6.47. The highest BCUT2D eigenvalue weighted by Gasteiger charge is 2.33. The Labute approximate surface area is 313 Å². The maximum absolute atomic E-state index is 14.0. The molecule has 3 aromatic rings. The molecule has 0 aliphatic carbocycles. The Morgan fingerprint density at radius 2 is 1.36 bits per heavy atom. The SMILES string of the molecule is CC(C)C[C@@H](NC(=O)[C@@H](CCc1ccccc1)NC(=O)[C@H](N)Cc1ccccc1)C(=O)N[C@H](CCCCCN)C(=O)N1CCN(c2cnccn2)CC1. The maximum atomic E-state index is 14.0. The van der Waals surface area contributed by atoms with Gasteiger partial charge in [0, 0.05) is 38.6 Å². The molecule has 7 N–H and O–H groups in total. The summed E-state index contributed by atoms with van der Waals surface area (Å²) in [6.07, 6.45) is 9.28. The minimum atomic E-state index is -0.939. The molecule has 0 unspecified atom stereocenters. The van der Waals surface area contributed by atoms with Gasteiger partial charge in [0.25, 0.3) is 0 Å². The Hall–Kier alpha value is -4.88. The lowest BCUT2D eigenvalue weighted by Gasteiger charge is -2.37. The lowest BCUT2D eigenvalue weighted by Crippen LogP contribution is -2.59. The summed E-state index contributed by atoms with van der Waals surface area (Å²) in [5, 5.41) is 8.81. The zero-order chi connectivity index (χ0) is 38.0. The van der Waals surface area contributed by atoms with E-state index >= 15 is 0 Å². The number of aromatic nitrogens is 2. The number of anilines is 1. The summed E-state index contributed by atoms with van der Waals surface area (Å²) in [4.78, 5) is 67.7. The number of nitrogens with one attached hydrogen (secondary N) is 3. The van der Waals surface area contributed by atoms with Gasteiger partial charge in [0.15, 0.2) is 0 Å². The van der Waals surface area contributed by atoms with Gasteiger partial charge >= 0.3 is 0 Å². The number of hydrogen-bond acceptors (Lipinski definition) is 9. The summed E-state index contributed by atoms with van der Waals surface area (Å²) in [6.45, 7) is 6.63. The first-order valence-electron chi connectivity index (χ1n) is 18.9. The van der Waals surface area contributed by atoms with Crippen molar-refractivity contribution < 1.29 is 19.2 Å². The number of hydrogen-bond donors (Lipinski definition) is 5. The molecule has 1 aliphatic heterocycles. The minimum Gasteiger partial charge on any atom is -0.352 e. The first kappa shape index (κ1) is 40.9. The van der Waals surface area contributed by atoms with Crippen LogP contribution in [0.1, 0.15) is 63.5 Å². The average Bonchev–Trinajstić information content (AvgIpc) is 3.17. The molecule has 13 heteroatoms. The van der Waals surface area contributed by atoms with Crippen LogP contribution >= 0.6 is 0 Å². The quantitative estimate of drug-likeness (QED) is 0.109. The molecule has 0 radical (unpaired) electrons. The van der Waals surface area contributed by atoms with Crippen LogP contribution in [0.15, 0.2) is 79.3 Å². The molecule has 0 bridgehead atoms. The van der Waals surface area contributed by atoms with Gasteiger partial charge in [0.1, 0.15) is 23.9 Å². The Balaban J connectivity index is 1.45. The number of aryl methyl sites for hydroxylation is 1. The van der Waals surface area contributed by atoms with Gasteiger partial charge < -0.3 is 37.2 Å². The molecule has 0 saturated carbocycles. The molecule has 4 rings (SSSR count). The predicted molar refractivity (Wildman–Crippen MR) is 206 cm³/mol. The molecule has 4 amide bonds. The molecule has 4 atom stereocenters. The summed E-state index contributed by atoms with van der Waals surface area (Å²) in [5.74, 6) is -0.704. The topological polar surface area (TPSA) is 189 Å². The molecule has 1 saturated heterocycles. The smallest absolute Gasteiger partial charge is 0.245 e. The van der Waals surface area contributed by atoms with Gasteiger partial charge in [-0.1, -0.05) is 87.4 Å². The summed E-state index contributed by atoms with van der Waals surface area (Å²) in [6, 6.07) is 15.7. The van der Waals surface area contributed by atoms with E-state index in [9.17, 15) is 19.2 Å². The second-order valence-corrected chi connectivity index (χ2v) is 14.1. The Kier molecular flexibility index (Phi) is 16.7. The van der Waals surface area contributed by atoms with E-state index in [1.165, 1.54) is 0 Å². The van der Waals surface area contributed by atoms with Crippen molar-refractivity contribution in [1.82, 2.24) is 30.8 Å². The molecular weight excluding hydrogens is 670 g/mol. The maximum Gasteiger partial charge on any atom is 0.245 e. The standard InChI is InChI=1S/C40H57N9O4/c1-29(2)26-35(39(52)46-34(16-10-5-11-19-41)40(53)49-24-22-48(23-25-49)36-28-43-20-21-44-36)47-38(51)33(18-17-30-12-6-3-7-13-30)45-37(50)32(42)27-31-14-8-4-9-15-31/h3-4,6-9,12-15,20-21,28-29,32-35H,5,10-11,16-19,22-27,41-42H2,1-2H3,(H,45,50)(H,46,52)(H,47,51)/t32-,33-,34-,35-/m1/s1. The number of benzene rings is 2. The van der Waals surface area contributed by atoms with E-state index < -0.39 is 41.9 Å². The Bertz CT molecular complexity index is 1550. The van der Waals surface area contributed by atoms with Gasteiger partial charge in [-0.2, -0.15) is 0 Å². The molecule has 53 heavy (non-hydrogen) atoms. The summed E-state index contributed by atoms with van der Waals surface area (Å²) in [5.41, 5.74) is 13.9. The van der Waals surface area contributed by atoms with Crippen molar-refractivity contribution in [3.8, 4) is 0 Å². The number of unbranched alkanes of at least 4 members (excludes halogenated alkanes) is 2. The lowest BCUT2D eigenvalue weighted by atomic mass is 9.99. The van der Waals surface area contributed by atoms with E-state index in [1.54, 1.807) is 23.5 Å². The zero-order valence-corrected chi connectivity index (χ0v) is 31.2. The average molecular weight is 728 g/mol. The van der Waals surface area contributed by atoms with Crippen molar-refractivity contribution in [2.45, 2.75) is 89.4 Å². The highest BCUT2D eigenvalue weighted by molar-refractivity contribution is 5.95. The van der Waals surface area contributed by atoms with E-state index in [0.717, 1.165) is 29.8 Å². The van der Waals surface area contributed by atoms with Crippen LogP contribution in [0, 0.1) is 5.92 Å². The highest BCUT2D eigenvalue weighted by atomic mass is 16.2. The van der Waals surface area contributed by atoms with Crippen molar-refractivity contribution in [2.75, 3.05) is 37.6 Å². The van der Waals surface area contributed by atoms with Gasteiger partial charge in [-0.25, -0.2) is 4.98 Å². The molecule has 1 aliphatic rings. The molecule has 2 heterocycles. The number of amides is 4. The predicted octanol–water partition coefficient (Wildman–Crippen LogP) is 2.35. The van der Waals surface area contributed by atoms with E-state index in [4.69, 9.17) is 11.5 Å². The van der Waals surface area contributed by atoms with Gasteiger partial charge in [-0.3, -0.25) is 24.2 Å². The molecule has 13 nitrogen and oxygen atoms in total. The van der Waals surface area contributed by atoms with Crippen molar-refractivity contribution >= 4 is 29.4 Å². The molecule has 1 aromatic heterocycles. The number of piperazine rings is 1. The van der Waals surface area contributed by atoms with E-state index in [2.05, 4.69) is 30.8 Å². The van der Waals surface area contributed by atoms with Gasteiger partial charge in [-0.05, 0) is 62.1 Å². The molecule has 1 fully saturated rings.